The standard InChI is InChI=1S/C17H35N3O/c1-14(2)19(4)13-16-8-11-20(12-9-16)17(21)6-5-15(3)7-10-18/h14-16H,5-13,18H2,1-4H3. The molecular formula is C17H35N3O. The highest BCUT2D eigenvalue weighted by molar-refractivity contribution is 5.76. The van der Waals surface area contributed by atoms with Crippen LogP contribution >= 0.6 is 0 Å². The normalized spacial score (nSPS) is 18.5. The highest BCUT2D eigenvalue weighted by atomic mass is 16.2. The number of amides is 1. The van der Waals surface area contributed by atoms with Crippen molar-refractivity contribution in [1.82, 2.24) is 9.80 Å². The molecular weight excluding hydrogens is 262 g/mol. The Labute approximate surface area is 131 Å². The molecule has 4 heteroatoms. The zero-order valence-electron chi connectivity index (χ0n) is 14.5. The van der Waals surface area contributed by atoms with Crippen LogP contribution in [-0.4, -0.2) is 55.0 Å². The molecule has 1 amide bonds. The zero-order chi connectivity index (χ0) is 15.8. The average Bonchev–Trinajstić information content (AvgIpc) is 2.45. The summed E-state index contributed by atoms with van der Waals surface area (Å²) in [6.45, 7) is 10.4. The van der Waals surface area contributed by atoms with Gasteiger partial charge < -0.3 is 15.5 Å². The van der Waals surface area contributed by atoms with Crippen LogP contribution in [0.25, 0.3) is 0 Å². The molecule has 1 saturated heterocycles. The van der Waals surface area contributed by atoms with Crippen LogP contribution in [0.1, 0.15) is 52.9 Å². The summed E-state index contributed by atoms with van der Waals surface area (Å²) in [6, 6.07) is 0.605. The summed E-state index contributed by atoms with van der Waals surface area (Å²) in [4.78, 5) is 16.7. The minimum absolute atomic E-state index is 0.342. The maximum absolute atomic E-state index is 12.2. The Balaban J connectivity index is 2.24. The first-order chi connectivity index (χ1) is 9.93. The second kappa shape index (κ2) is 9.42. The van der Waals surface area contributed by atoms with Crippen molar-refractivity contribution in [1.29, 1.82) is 0 Å². The number of nitrogens with two attached hydrogens (primary N) is 1. The van der Waals surface area contributed by atoms with Crippen molar-refractivity contribution in [3.63, 3.8) is 0 Å². The van der Waals surface area contributed by atoms with Crippen molar-refractivity contribution >= 4 is 5.91 Å². The van der Waals surface area contributed by atoms with Crippen LogP contribution < -0.4 is 5.73 Å². The smallest absolute Gasteiger partial charge is 0.222 e. The number of carbonyl (C=O) groups excluding carboxylic acids is 1. The third-order valence-electron chi connectivity index (χ3n) is 4.91. The van der Waals surface area contributed by atoms with Gasteiger partial charge in [0, 0.05) is 32.1 Å². The summed E-state index contributed by atoms with van der Waals surface area (Å²) >= 11 is 0. The van der Waals surface area contributed by atoms with Crippen molar-refractivity contribution < 1.29 is 4.79 Å². The highest BCUT2D eigenvalue weighted by Crippen LogP contribution is 2.20. The number of rotatable bonds is 8. The average molecular weight is 297 g/mol. The molecule has 1 unspecified atom stereocenters. The van der Waals surface area contributed by atoms with Crippen LogP contribution in [0, 0.1) is 11.8 Å². The van der Waals surface area contributed by atoms with E-state index in [1.54, 1.807) is 0 Å². The second-order valence-electron chi connectivity index (χ2n) is 7.08. The number of likely N-dealkylation sites (tertiary alicyclic amines) is 1. The number of carbonyl (C=O) groups is 1. The molecule has 0 saturated carbocycles. The van der Waals surface area contributed by atoms with Crippen molar-refractivity contribution in [2.24, 2.45) is 17.6 Å². The van der Waals surface area contributed by atoms with E-state index in [4.69, 9.17) is 5.73 Å². The fourth-order valence-corrected chi connectivity index (χ4v) is 2.94. The molecule has 0 aromatic heterocycles. The van der Waals surface area contributed by atoms with Crippen molar-refractivity contribution in [2.75, 3.05) is 33.2 Å². The second-order valence-corrected chi connectivity index (χ2v) is 7.08. The lowest BCUT2D eigenvalue weighted by Gasteiger charge is -2.35. The van der Waals surface area contributed by atoms with Gasteiger partial charge in [0.1, 0.15) is 0 Å². The Morgan fingerprint density at radius 3 is 2.38 bits per heavy atom. The summed E-state index contributed by atoms with van der Waals surface area (Å²) < 4.78 is 0. The first kappa shape index (κ1) is 18.4. The van der Waals surface area contributed by atoms with Crippen molar-refractivity contribution in [2.45, 2.75) is 58.9 Å². The molecule has 0 aliphatic carbocycles. The van der Waals surface area contributed by atoms with Crippen LogP contribution in [0.2, 0.25) is 0 Å². The largest absolute Gasteiger partial charge is 0.343 e. The molecule has 1 atom stereocenters. The lowest BCUT2D eigenvalue weighted by molar-refractivity contribution is -0.133. The van der Waals surface area contributed by atoms with Crippen LogP contribution in [0.5, 0.6) is 0 Å². The summed E-state index contributed by atoms with van der Waals surface area (Å²) in [5.41, 5.74) is 5.56. The third kappa shape index (κ3) is 6.79. The van der Waals surface area contributed by atoms with Gasteiger partial charge in [0.05, 0.1) is 0 Å². The van der Waals surface area contributed by atoms with Crippen LogP contribution in [0.4, 0.5) is 0 Å². The Bertz CT molecular complexity index is 298. The van der Waals surface area contributed by atoms with Crippen molar-refractivity contribution in [3.8, 4) is 0 Å². The molecule has 1 aliphatic rings. The van der Waals surface area contributed by atoms with Gasteiger partial charge in [-0.3, -0.25) is 4.79 Å². The molecule has 0 aromatic carbocycles. The van der Waals surface area contributed by atoms with Crippen LogP contribution in [-0.2, 0) is 4.79 Å². The minimum Gasteiger partial charge on any atom is -0.343 e. The summed E-state index contributed by atoms with van der Waals surface area (Å²) in [7, 11) is 2.20. The van der Waals surface area contributed by atoms with Crippen LogP contribution in [0.3, 0.4) is 0 Å². The van der Waals surface area contributed by atoms with Gasteiger partial charge in [-0.15, -0.1) is 0 Å². The third-order valence-corrected chi connectivity index (χ3v) is 4.91. The Morgan fingerprint density at radius 1 is 1.24 bits per heavy atom. The maximum Gasteiger partial charge on any atom is 0.222 e. The number of hydrogen-bond donors (Lipinski definition) is 1. The molecule has 1 aliphatic heterocycles. The molecule has 21 heavy (non-hydrogen) atoms. The lowest BCUT2D eigenvalue weighted by atomic mass is 9.95. The number of hydrogen-bond acceptors (Lipinski definition) is 3. The first-order valence-corrected chi connectivity index (χ1v) is 8.62. The highest BCUT2D eigenvalue weighted by Gasteiger charge is 2.24. The summed E-state index contributed by atoms with van der Waals surface area (Å²) in [5, 5.41) is 0. The van der Waals surface area contributed by atoms with E-state index in [9.17, 15) is 4.79 Å². The summed E-state index contributed by atoms with van der Waals surface area (Å²) in [6.07, 6.45) is 5.00. The Kier molecular flexibility index (Phi) is 8.27. The van der Waals surface area contributed by atoms with Gasteiger partial charge in [0.15, 0.2) is 0 Å². The number of nitrogens with zero attached hydrogens (tertiary/aromatic N) is 2. The summed E-state index contributed by atoms with van der Waals surface area (Å²) in [5.74, 6) is 1.66. The number of piperidine rings is 1. The van der Waals surface area contributed by atoms with E-state index in [2.05, 4.69) is 37.6 Å². The Morgan fingerprint density at radius 2 is 1.86 bits per heavy atom. The zero-order valence-corrected chi connectivity index (χ0v) is 14.5. The fourth-order valence-electron chi connectivity index (χ4n) is 2.94. The van der Waals surface area contributed by atoms with Gasteiger partial charge in [-0.25, -0.2) is 0 Å². The van der Waals surface area contributed by atoms with Crippen LogP contribution in [0.15, 0.2) is 0 Å². The SMILES string of the molecule is CC(CCN)CCC(=O)N1CCC(CN(C)C(C)C)CC1. The molecule has 124 valence electrons. The van der Waals surface area contributed by atoms with E-state index in [0.717, 1.165) is 57.8 Å². The van der Waals surface area contributed by atoms with Gasteiger partial charge in [0.25, 0.3) is 0 Å². The fraction of sp³-hybridized carbons (Fsp3) is 0.941. The van der Waals surface area contributed by atoms with E-state index in [-0.39, 0.29) is 0 Å². The molecule has 1 rings (SSSR count). The molecule has 1 heterocycles. The molecule has 0 radical (unpaired) electrons. The Hall–Kier alpha value is -0.610. The van der Waals surface area contributed by atoms with E-state index < -0.39 is 0 Å². The van der Waals surface area contributed by atoms with Gasteiger partial charge in [0.2, 0.25) is 5.91 Å². The topological polar surface area (TPSA) is 49.6 Å². The van der Waals surface area contributed by atoms with Crippen molar-refractivity contribution in [3.05, 3.63) is 0 Å². The molecule has 4 nitrogen and oxygen atoms in total. The molecule has 0 bridgehead atoms. The van der Waals surface area contributed by atoms with E-state index >= 15 is 0 Å². The van der Waals surface area contributed by atoms with E-state index in [1.807, 2.05) is 0 Å². The van der Waals surface area contributed by atoms with Gasteiger partial charge >= 0.3 is 0 Å². The molecule has 0 spiro atoms. The molecule has 2 N–H and O–H groups in total. The van der Waals surface area contributed by atoms with Gasteiger partial charge in [-0.2, -0.15) is 0 Å². The lowest BCUT2D eigenvalue weighted by Crippen LogP contribution is -2.42. The van der Waals surface area contributed by atoms with Gasteiger partial charge in [-0.1, -0.05) is 6.92 Å². The van der Waals surface area contributed by atoms with E-state index in [0.29, 0.717) is 24.3 Å². The molecule has 0 aromatic rings. The first-order valence-electron chi connectivity index (χ1n) is 8.62. The molecule has 1 fully saturated rings. The predicted octanol–water partition coefficient (Wildman–Crippen LogP) is 2.33. The minimum atomic E-state index is 0.342. The van der Waals surface area contributed by atoms with Gasteiger partial charge in [-0.05, 0) is 65.0 Å². The monoisotopic (exact) mass is 297 g/mol. The quantitative estimate of drug-likeness (QED) is 0.748. The predicted molar refractivity (Wildman–Crippen MR) is 89.1 cm³/mol. The maximum atomic E-state index is 12.2. The van der Waals surface area contributed by atoms with E-state index in [1.165, 1.54) is 0 Å².